The normalized spacial score (nSPS) is 12.9. The van der Waals surface area contributed by atoms with Crippen molar-refractivity contribution >= 4 is 66.2 Å². The zero-order valence-electron chi connectivity index (χ0n) is 20.0. The van der Waals surface area contributed by atoms with Crippen molar-refractivity contribution in [1.29, 1.82) is 0 Å². The zero-order valence-corrected chi connectivity index (χ0v) is 23.4. The van der Waals surface area contributed by atoms with Gasteiger partial charge in [-0.05, 0) is 0 Å². The van der Waals surface area contributed by atoms with Crippen LogP contribution in [0, 0.1) is 11.6 Å². The first-order chi connectivity index (χ1) is 17.4. The first-order valence-corrected chi connectivity index (χ1v) is 14.5. The topological polar surface area (TPSA) is 81.8 Å². The van der Waals surface area contributed by atoms with Gasteiger partial charge in [-0.2, -0.15) is 0 Å². The number of aromatic nitrogens is 4. The van der Waals surface area contributed by atoms with Crippen LogP contribution in [0.1, 0.15) is 16.0 Å². The standard InChI is InChI=1S/C25H21AsClF2N5O2S/c1-33-7-6-20-21(33)12-17(23(30-20)18(26)10-13-8-14(28)11-15(29)9-13)16-4-5-19(27)22-24(16)34(2)31-25(22)32-37(3,35)36/h4-9,11-12,18H,10H2,1-3H3,(H,31,32). The number of fused-ring (bicyclic) bond motifs is 2. The Labute approximate surface area is 226 Å². The van der Waals surface area contributed by atoms with E-state index in [0.29, 0.717) is 33.6 Å². The third kappa shape index (κ3) is 4.98. The third-order valence-corrected chi connectivity index (χ3v) is 7.85. The van der Waals surface area contributed by atoms with Crippen LogP contribution in [0.2, 0.25) is 5.02 Å². The van der Waals surface area contributed by atoms with E-state index in [1.54, 1.807) is 17.8 Å². The van der Waals surface area contributed by atoms with Crippen LogP contribution in [0.3, 0.4) is 0 Å². The zero-order chi connectivity index (χ0) is 26.6. The number of hydrogen-bond donors (Lipinski definition) is 1. The Morgan fingerprint density at radius 2 is 1.78 bits per heavy atom. The molecule has 190 valence electrons. The van der Waals surface area contributed by atoms with Gasteiger partial charge in [-0.25, -0.2) is 0 Å². The monoisotopic (exact) mass is 603 g/mol. The minimum absolute atomic E-state index is 0.125. The summed E-state index contributed by atoms with van der Waals surface area (Å²) in [6.45, 7) is 0. The van der Waals surface area contributed by atoms with Crippen LogP contribution in [0.25, 0.3) is 33.1 Å². The molecule has 3 heterocycles. The Hall–Kier alpha value is -2.94. The maximum absolute atomic E-state index is 13.9. The van der Waals surface area contributed by atoms with Crippen LogP contribution < -0.4 is 4.72 Å². The molecule has 7 nitrogen and oxygen atoms in total. The van der Waals surface area contributed by atoms with Crippen molar-refractivity contribution < 1.29 is 17.2 Å². The Bertz CT molecular complexity index is 1780. The van der Waals surface area contributed by atoms with Crippen LogP contribution in [-0.4, -0.2) is 50.9 Å². The van der Waals surface area contributed by atoms with Gasteiger partial charge in [0.05, 0.1) is 0 Å². The van der Waals surface area contributed by atoms with E-state index in [2.05, 4.69) is 26.7 Å². The van der Waals surface area contributed by atoms with Crippen LogP contribution in [0.15, 0.2) is 48.7 Å². The first-order valence-electron chi connectivity index (χ1n) is 11.1. The van der Waals surface area contributed by atoms with Crippen molar-refractivity contribution in [2.45, 2.75) is 11.1 Å². The van der Waals surface area contributed by atoms with Crippen molar-refractivity contribution in [1.82, 2.24) is 19.3 Å². The van der Waals surface area contributed by atoms with Crippen LogP contribution >= 0.6 is 11.6 Å². The van der Waals surface area contributed by atoms with Gasteiger partial charge in [0, 0.05) is 0 Å². The van der Waals surface area contributed by atoms with E-state index in [9.17, 15) is 17.2 Å². The summed E-state index contributed by atoms with van der Waals surface area (Å²) in [6, 6.07) is 10.9. The summed E-state index contributed by atoms with van der Waals surface area (Å²) in [7, 11) is 0.0183. The average Bonchev–Trinajstić information content (AvgIpc) is 3.31. The van der Waals surface area contributed by atoms with Crippen molar-refractivity contribution in [3.05, 3.63) is 76.6 Å². The fraction of sp³-hybridized carbons (Fsp3) is 0.200. The van der Waals surface area contributed by atoms with Gasteiger partial charge in [-0.3, -0.25) is 0 Å². The molecule has 5 rings (SSSR count). The summed E-state index contributed by atoms with van der Waals surface area (Å²) in [5.41, 5.74) is 4.99. The Kier molecular flexibility index (Phi) is 6.54. The maximum atomic E-state index is 13.9. The van der Waals surface area contributed by atoms with Crippen LogP contribution in [0.5, 0.6) is 0 Å². The van der Waals surface area contributed by atoms with E-state index in [1.807, 2.05) is 36.0 Å². The quantitative estimate of drug-likeness (QED) is 0.281. The Balaban J connectivity index is 1.74. The summed E-state index contributed by atoms with van der Waals surface area (Å²) in [5.74, 6) is -1.15. The molecule has 1 unspecified atom stereocenters. The van der Waals surface area contributed by atoms with Gasteiger partial charge in [-0.15, -0.1) is 0 Å². The number of anilines is 1. The Morgan fingerprint density at radius 3 is 2.46 bits per heavy atom. The molecule has 1 atom stereocenters. The van der Waals surface area contributed by atoms with Crippen molar-refractivity contribution in [2.75, 3.05) is 11.0 Å². The molecule has 2 aromatic carbocycles. The van der Waals surface area contributed by atoms with E-state index in [4.69, 9.17) is 16.6 Å². The van der Waals surface area contributed by atoms with Crippen molar-refractivity contribution in [3.63, 3.8) is 0 Å². The van der Waals surface area contributed by atoms with Gasteiger partial charge in [-0.1, -0.05) is 0 Å². The second-order valence-electron chi connectivity index (χ2n) is 8.91. The third-order valence-electron chi connectivity index (χ3n) is 6.07. The van der Waals surface area contributed by atoms with Gasteiger partial charge in [0.15, 0.2) is 0 Å². The van der Waals surface area contributed by atoms with Crippen LogP contribution in [-0.2, 0) is 30.5 Å². The molecule has 12 heteroatoms. The molecule has 0 bridgehead atoms. The van der Waals surface area contributed by atoms with Gasteiger partial charge in [0.2, 0.25) is 0 Å². The summed E-state index contributed by atoms with van der Waals surface area (Å²) < 4.78 is 57.4. The average molecular weight is 604 g/mol. The molecule has 37 heavy (non-hydrogen) atoms. The van der Waals surface area contributed by atoms with Gasteiger partial charge in [0.25, 0.3) is 0 Å². The predicted octanol–water partition coefficient (Wildman–Crippen LogP) is 4.88. The molecule has 3 aromatic heterocycles. The van der Waals surface area contributed by atoms with Gasteiger partial charge >= 0.3 is 227 Å². The van der Waals surface area contributed by atoms with Crippen LogP contribution in [0.4, 0.5) is 14.6 Å². The second-order valence-corrected chi connectivity index (χ2v) is 12.4. The fourth-order valence-corrected chi connectivity index (χ4v) is 6.15. The number of nitrogens with zero attached hydrogens (tertiary/aromatic N) is 4. The molecule has 0 amide bonds. The SMILES string of the molecule is Cn1ccc2nc(C([As])Cc3cc(F)cc(F)c3)c(-c3ccc(Cl)c4c(NS(C)(=O)=O)nn(C)c34)cc21. The summed E-state index contributed by atoms with van der Waals surface area (Å²) in [4.78, 5) is 4.94. The fourth-order valence-electron chi connectivity index (χ4n) is 4.56. The van der Waals surface area contributed by atoms with Gasteiger partial charge < -0.3 is 0 Å². The number of rotatable bonds is 6. The molecule has 0 saturated heterocycles. The molecular weight excluding hydrogens is 583 g/mol. The van der Waals surface area contributed by atoms with E-state index in [1.165, 1.54) is 12.1 Å². The number of pyridine rings is 1. The molecule has 0 saturated carbocycles. The molecule has 0 spiro atoms. The molecule has 2 radical (unpaired) electrons. The molecule has 0 aliphatic heterocycles. The number of benzene rings is 2. The number of aryl methyl sites for hydroxylation is 2. The van der Waals surface area contributed by atoms with Gasteiger partial charge in [0.1, 0.15) is 0 Å². The molecule has 1 N–H and O–H groups in total. The molecule has 0 aliphatic rings. The van der Waals surface area contributed by atoms with Crippen molar-refractivity contribution in [3.8, 4) is 11.1 Å². The summed E-state index contributed by atoms with van der Waals surface area (Å²) in [5, 5.41) is 5.18. The summed E-state index contributed by atoms with van der Waals surface area (Å²) in [6.07, 6.45) is 3.28. The van der Waals surface area contributed by atoms with Crippen molar-refractivity contribution in [2.24, 2.45) is 14.1 Å². The minimum atomic E-state index is -3.60. The van der Waals surface area contributed by atoms with E-state index < -0.39 is 21.7 Å². The number of halogens is 3. The number of hydrogen-bond acceptors (Lipinski definition) is 4. The second kappa shape index (κ2) is 9.42. The summed E-state index contributed by atoms with van der Waals surface area (Å²) >= 11 is 9.06. The van der Waals surface area contributed by atoms with E-state index in [-0.39, 0.29) is 10.5 Å². The number of sulfonamides is 1. The predicted molar refractivity (Wildman–Crippen MR) is 142 cm³/mol. The Morgan fingerprint density at radius 1 is 1.08 bits per heavy atom. The van der Waals surface area contributed by atoms with E-state index >= 15 is 0 Å². The molecular formula is C25H21AsClF2N5O2S. The molecule has 0 fully saturated rings. The molecule has 0 aliphatic carbocycles. The van der Waals surface area contributed by atoms with E-state index in [0.717, 1.165) is 34.5 Å². The first kappa shape index (κ1) is 25.7. The number of nitrogens with one attached hydrogen (secondary N) is 1. The molecule has 5 aromatic rings.